The Morgan fingerprint density at radius 3 is 2.85 bits per heavy atom. The van der Waals surface area contributed by atoms with Crippen LogP contribution in [0.2, 0.25) is 0 Å². The highest BCUT2D eigenvalue weighted by Crippen LogP contribution is 2.36. The zero-order valence-corrected chi connectivity index (χ0v) is 15.3. The van der Waals surface area contributed by atoms with Crippen LogP contribution in [0.4, 0.5) is 10.8 Å². The molecular weight excluding hydrogens is 348 g/mol. The summed E-state index contributed by atoms with van der Waals surface area (Å²) < 4.78 is 0. The molecule has 26 heavy (non-hydrogen) atoms. The highest BCUT2D eigenvalue weighted by Gasteiger charge is 2.30. The van der Waals surface area contributed by atoms with Crippen LogP contribution in [0, 0.1) is 0 Å². The third-order valence-corrected chi connectivity index (χ3v) is 6.21. The summed E-state index contributed by atoms with van der Waals surface area (Å²) >= 11 is 1.48. The molecule has 7 heteroatoms. The number of benzene rings is 1. The van der Waals surface area contributed by atoms with Crippen LogP contribution in [-0.2, 0) is 9.59 Å². The van der Waals surface area contributed by atoms with E-state index in [-0.39, 0.29) is 24.2 Å². The zero-order chi connectivity index (χ0) is 17.9. The fourth-order valence-corrected chi connectivity index (χ4v) is 4.75. The zero-order valence-electron chi connectivity index (χ0n) is 14.5. The summed E-state index contributed by atoms with van der Waals surface area (Å²) in [5.74, 6) is 0.0813. The van der Waals surface area contributed by atoms with Gasteiger partial charge in [0, 0.05) is 18.0 Å². The first-order valence-electron chi connectivity index (χ1n) is 9.24. The molecule has 1 aliphatic heterocycles. The molecule has 0 spiro atoms. The maximum atomic E-state index is 12.3. The van der Waals surface area contributed by atoms with E-state index in [1.165, 1.54) is 43.4 Å². The summed E-state index contributed by atoms with van der Waals surface area (Å²) in [5.41, 5.74) is 1.82. The second kappa shape index (κ2) is 7.53. The van der Waals surface area contributed by atoms with Crippen LogP contribution >= 0.6 is 11.3 Å². The Hall–Kier alpha value is -2.28. The van der Waals surface area contributed by atoms with Crippen LogP contribution in [0.25, 0.3) is 0 Å². The van der Waals surface area contributed by atoms with Gasteiger partial charge in [-0.05, 0) is 30.9 Å². The van der Waals surface area contributed by atoms with Gasteiger partial charge < -0.3 is 10.6 Å². The number of rotatable bonds is 5. The van der Waals surface area contributed by atoms with E-state index in [4.69, 9.17) is 0 Å². The van der Waals surface area contributed by atoms with Crippen molar-refractivity contribution >= 4 is 34.0 Å². The van der Waals surface area contributed by atoms with Crippen molar-refractivity contribution in [3.05, 3.63) is 34.8 Å². The molecule has 0 saturated heterocycles. The van der Waals surface area contributed by atoms with Crippen molar-refractivity contribution in [1.82, 2.24) is 10.2 Å². The number of aromatic nitrogens is 2. The highest BCUT2D eigenvalue weighted by molar-refractivity contribution is 7.15. The Labute approximate surface area is 156 Å². The fraction of sp³-hybridized carbons (Fsp3) is 0.474. The Morgan fingerprint density at radius 2 is 2.00 bits per heavy atom. The smallest absolute Gasteiger partial charge is 0.232 e. The predicted molar refractivity (Wildman–Crippen MR) is 101 cm³/mol. The molecular formula is C19H22N4O2S. The maximum absolute atomic E-state index is 12.3. The number of amides is 2. The quantitative estimate of drug-likeness (QED) is 0.832. The molecule has 1 aromatic carbocycles. The first-order chi connectivity index (χ1) is 12.7. The lowest BCUT2D eigenvalue weighted by molar-refractivity contribution is -0.118. The van der Waals surface area contributed by atoms with E-state index in [9.17, 15) is 9.59 Å². The van der Waals surface area contributed by atoms with Crippen molar-refractivity contribution in [3.8, 4) is 0 Å². The minimum absolute atomic E-state index is 0.0329. The molecule has 2 aliphatic rings. The molecule has 2 N–H and O–H groups in total. The van der Waals surface area contributed by atoms with E-state index >= 15 is 0 Å². The molecule has 0 radical (unpaired) electrons. The largest absolute Gasteiger partial charge is 0.325 e. The van der Waals surface area contributed by atoms with Crippen LogP contribution in [0.15, 0.2) is 24.3 Å². The average molecular weight is 370 g/mol. The summed E-state index contributed by atoms with van der Waals surface area (Å²) in [6, 6.07) is 7.64. The lowest BCUT2D eigenvalue weighted by Crippen LogP contribution is -2.16. The van der Waals surface area contributed by atoms with Gasteiger partial charge in [-0.3, -0.25) is 9.59 Å². The van der Waals surface area contributed by atoms with Gasteiger partial charge in [-0.2, -0.15) is 0 Å². The topological polar surface area (TPSA) is 84.0 Å². The van der Waals surface area contributed by atoms with Gasteiger partial charge in [-0.1, -0.05) is 48.8 Å². The number of nitrogens with zero attached hydrogens (tertiary/aromatic N) is 2. The molecule has 1 aliphatic carbocycles. The summed E-state index contributed by atoms with van der Waals surface area (Å²) in [6.45, 7) is 0. The molecule has 1 atom stereocenters. The van der Waals surface area contributed by atoms with Crippen LogP contribution in [0.5, 0.6) is 0 Å². The van der Waals surface area contributed by atoms with Crippen LogP contribution in [0.1, 0.15) is 67.4 Å². The van der Waals surface area contributed by atoms with E-state index in [0.717, 1.165) is 16.3 Å². The molecule has 2 heterocycles. The molecule has 6 nitrogen and oxygen atoms in total. The van der Waals surface area contributed by atoms with Crippen molar-refractivity contribution < 1.29 is 9.59 Å². The first-order valence-corrected chi connectivity index (χ1v) is 10.1. The lowest BCUT2D eigenvalue weighted by atomic mass is 9.90. The molecule has 2 amide bonds. The third kappa shape index (κ3) is 3.62. The molecule has 1 fully saturated rings. The Kier molecular flexibility index (Phi) is 4.97. The van der Waals surface area contributed by atoms with Gasteiger partial charge in [0.1, 0.15) is 5.01 Å². The van der Waals surface area contributed by atoms with Gasteiger partial charge in [-0.25, -0.2) is 0 Å². The van der Waals surface area contributed by atoms with Gasteiger partial charge in [-0.15, -0.1) is 10.2 Å². The monoisotopic (exact) mass is 370 g/mol. The van der Waals surface area contributed by atoms with Crippen molar-refractivity contribution in [2.24, 2.45) is 0 Å². The van der Waals surface area contributed by atoms with Crippen molar-refractivity contribution in [2.45, 2.75) is 56.8 Å². The molecule has 4 rings (SSSR count). The Balaban J connectivity index is 1.32. The molecule has 136 valence electrons. The van der Waals surface area contributed by atoms with Crippen LogP contribution < -0.4 is 10.6 Å². The van der Waals surface area contributed by atoms with E-state index < -0.39 is 0 Å². The second-order valence-electron chi connectivity index (χ2n) is 7.00. The summed E-state index contributed by atoms with van der Waals surface area (Å²) in [7, 11) is 0. The number of anilines is 2. The number of carbonyl (C=O) groups is 2. The third-order valence-electron chi connectivity index (χ3n) is 5.21. The minimum Gasteiger partial charge on any atom is -0.325 e. The van der Waals surface area contributed by atoms with Gasteiger partial charge in [0.05, 0.1) is 5.92 Å². The molecule has 2 aromatic rings. The van der Waals surface area contributed by atoms with Crippen molar-refractivity contribution in [1.29, 1.82) is 0 Å². The van der Waals surface area contributed by atoms with E-state index in [1.807, 2.05) is 24.3 Å². The average Bonchev–Trinajstić information content (AvgIpc) is 3.24. The Bertz CT molecular complexity index is 813. The first kappa shape index (κ1) is 17.1. The molecule has 0 bridgehead atoms. The van der Waals surface area contributed by atoms with E-state index in [1.54, 1.807) is 0 Å². The SMILES string of the molecule is O=C(CC[C@@H]1C(=O)Nc2ccccc21)Nc1nnc(C2CCCCC2)s1. The minimum atomic E-state index is -0.260. The van der Waals surface area contributed by atoms with Crippen molar-refractivity contribution in [2.75, 3.05) is 10.6 Å². The Morgan fingerprint density at radius 1 is 1.19 bits per heavy atom. The number of hydrogen-bond acceptors (Lipinski definition) is 5. The number of nitrogens with one attached hydrogen (secondary N) is 2. The molecule has 0 unspecified atom stereocenters. The second-order valence-corrected chi connectivity index (χ2v) is 8.01. The molecule has 1 aromatic heterocycles. The normalized spacial score (nSPS) is 19.8. The summed E-state index contributed by atoms with van der Waals surface area (Å²) in [5, 5.41) is 15.7. The van der Waals surface area contributed by atoms with E-state index in [2.05, 4.69) is 20.8 Å². The van der Waals surface area contributed by atoms with E-state index in [0.29, 0.717) is 17.5 Å². The van der Waals surface area contributed by atoms with Gasteiger partial charge in [0.15, 0.2) is 0 Å². The lowest BCUT2D eigenvalue weighted by Gasteiger charge is -2.18. The highest BCUT2D eigenvalue weighted by atomic mass is 32.1. The summed E-state index contributed by atoms with van der Waals surface area (Å²) in [4.78, 5) is 24.4. The standard InChI is InChI=1S/C19H22N4O2S/c24-16(11-10-14-13-8-4-5-9-15(13)20-17(14)25)21-19-23-22-18(26-19)12-6-2-1-3-7-12/h4-5,8-9,12,14H,1-3,6-7,10-11H2,(H,20,25)(H,21,23,24)/t14-/m0/s1. The fourth-order valence-electron chi connectivity index (χ4n) is 3.82. The maximum Gasteiger partial charge on any atom is 0.232 e. The number of fused-ring (bicyclic) bond motifs is 1. The van der Waals surface area contributed by atoms with Crippen LogP contribution in [-0.4, -0.2) is 22.0 Å². The van der Waals surface area contributed by atoms with Crippen LogP contribution in [0.3, 0.4) is 0 Å². The number of carbonyl (C=O) groups excluding carboxylic acids is 2. The number of para-hydroxylation sites is 1. The predicted octanol–water partition coefficient (Wildman–Crippen LogP) is 4.04. The van der Waals surface area contributed by atoms with Gasteiger partial charge in [0.2, 0.25) is 16.9 Å². The van der Waals surface area contributed by atoms with Crippen molar-refractivity contribution in [3.63, 3.8) is 0 Å². The van der Waals surface area contributed by atoms with Gasteiger partial charge in [0.25, 0.3) is 0 Å². The molecule has 1 saturated carbocycles. The van der Waals surface area contributed by atoms with Gasteiger partial charge >= 0.3 is 0 Å². The summed E-state index contributed by atoms with van der Waals surface area (Å²) in [6.07, 6.45) is 6.90. The number of hydrogen-bond donors (Lipinski definition) is 2.